The zero-order chi connectivity index (χ0) is 23.9. The van der Waals surface area contributed by atoms with Gasteiger partial charge in [0.1, 0.15) is 5.76 Å². The van der Waals surface area contributed by atoms with E-state index in [1.54, 1.807) is 30.8 Å². The molecule has 2 N–H and O–H groups in total. The van der Waals surface area contributed by atoms with Crippen molar-refractivity contribution in [1.82, 2.24) is 15.8 Å². The first-order valence-corrected chi connectivity index (χ1v) is 11.9. The van der Waals surface area contributed by atoms with Crippen molar-refractivity contribution in [3.8, 4) is 11.5 Å². The van der Waals surface area contributed by atoms with Gasteiger partial charge in [-0.3, -0.25) is 20.4 Å². The highest BCUT2D eigenvalue weighted by molar-refractivity contribution is 7.98. The molecule has 0 unspecified atom stereocenters. The molecule has 2 amide bonds. The van der Waals surface area contributed by atoms with Crippen molar-refractivity contribution in [3.63, 3.8) is 0 Å². The summed E-state index contributed by atoms with van der Waals surface area (Å²) in [7, 11) is 0. The molecule has 4 aromatic rings. The summed E-state index contributed by atoms with van der Waals surface area (Å²) >= 11 is 7.59. The van der Waals surface area contributed by atoms with E-state index in [9.17, 15) is 9.59 Å². The molecule has 0 saturated heterocycles. The van der Waals surface area contributed by atoms with Gasteiger partial charge in [0, 0.05) is 26.8 Å². The number of thioether (sulfide) groups is 1. The largest absolute Gasteiger partial charge is 0.441 e. The number of carbonyl (C=O) groups is 2. The fourth-order valence-electron chi connectivity index (χ4n) is 3.14. The van der Waals surface area contributed by atoms with Crippen LogP contribution in [0.4, 0.5) is 0 Å². The number of nitrogens with zero attached hydrogens (tertiary/aromatic N) is 1. The molecule has 0 bridgehead atoms. The Kier molecular flexibility index (Phi) is 7.67. The number of oxazole rings is 1. The average molecular weight is 492 g/mol. The lowest BCUT2D eigenvalue weighted by molar-refractivity contribution is -0.121. The van der Waals surface area contributed by atoms with Crippen molar-refractivity contribution < 1.29 is 14.0 Å². The maximum Gasteiger partial charge on any atom is 0.269 e. The molecule has 0 aliphatic rings. The molecule has 0 saturated carbocycles. The van der Waals surface area contributed by atoms with Crippen LogP contribution in [0.25, 0.3) is 11.5 Å². The van der Waals surface area contributed by atoms with E-state index in [2.05, 4.69) is 15.8 Å². The van der Waals surface area contributed by atoms with Gasteiger partial charge in [0.05, 0.1) is 12.1 Å². The second kappa shape index (κ2) is 11.0. The molecule has 0 aliphatic heterocycles. The monoisotopic (exact) mass is 491 g/mol. The van der Waals surface area contributed by atoms with Crippen molar-refractivity contribution in [1.29, 1.82) is 0 Å². The van der Waals surface area contributed by atoms with Crippen molar-refractivity contribution in [2.45, 2.75) is 24.0 Å². The van der Waals surface area contributed by atoms with Gasteiger partial charge in [-0.05, 0) is 61.0 Å². The lowest BCUT2D eigenvalue weighted by Crippen LogP contribution is -2.42. The Labute approximate surface area is 206 Å². The van der Waals surface area contributed by atoms with Crippen LogP contribution in [0.2, 0.25) is 5.02 Å². The van der Waals surface area contributed by atoms with E-state index in [4.69, 9.17) is 16.0 Å². The molecule has 1 aromatic heterocycles. The van der Waals surface area contributed by atoms with Crippen LogP contribution in [-0.4, -0.2) is 16.8 Å². The van der Waals surface area contributed by atoms with E-state index >= 15 is 0 Å². The molecular formula is C26H22ClN3O3S. The van der Waals surface area contributed by atoms with E-state index < -0.39 is 5.91 Å². The summed E-state index contributed by atoms with van der Waals surface area (Å²) in [6.45, 7) is 1.76. The SMILES string of the molecule is Cc1oc(-c2ccccc2)nc1CC(=O)NNC(=O)c1ccc(CSc2ccc(Cl)cc2)cc1. The van der Waals surface area contributed by atoms with Gasteiger partial charge in [-0.2, -0.15) is 0 Å². The van der Waals surface area contributed by atoms with Crippen molar-refractivity contribution >= 4 is 35.2 Å². The molecule has 1 heterocycles. The number of hydrogen-bond donors (Lipinski definition) is 2. The van der Waals surface area contributed by atoms with Crippen LogP contribution in [0, 0.1) is 6.92 Å². The molecule has 3 aromatic carbocycles. The minimum Gasteiger partial charge on any atom is -0.441 e. The zero-order valence-electron chi connectivity index (χ0n) is 18.4. The molecule has 0 radical (unpaired) electrons. The number of halogens is 1. The Bertz CT molecular complexity index is 1270. The van der Waals surface area contributed by atoms with Crippen molar-refractivity contribution in [2.75, 3.05) is 0 Å². The zero-order valence-corrected chi connectivity index (χ0v) is 20.0. The lowest BCUT2D eigenvalue weighted by atomic mass is 10.1. The number of aryl methyl sites for hydroxylation is 1. The van der Waals surface area contributed by atoms with Crippen LogP contribution in [0.3, 0.4) is 0 Å². The fourth-order valence-corrected chi connectivity index (χ4v) is 4.12. The molecule has 0 aliphatic carbocycles. The van der Waals surface area contributed by atoms with Crippen LogP contribution >= 0.6 is 23.4 Å². The molecule has 4 rings (SSSR count). The van der Waals surface area contributed by atoms with Gasteiger partial charge in [-0.15, -0.1) is 11.8 Å². The van der Waals surface area contributed by atoms with Crippen LogP contribution in [0.1, 0.15) is 27.4 Å². The van der Waals surface area contributed by atoms with Gasteiger partial charge in [0.15, 0.2) is 0 Å². The first-order valence-electron chi connectivity index (χ1n) is 10.6. The molecule has 8 heteroatoms. The number of aromatic nitrogens is 1. The van der Waals surface area contributed by atoms with Gasteiger partial charge in [0.25, 0.3) is 5.91 Å². The standard InChI is InChI=1S/C26H22ClN3O3S/c1-17-23(28-26(33-17)20-5-3-2-4-6-20)15-24(31)29-30-25(32)19-9-7-18(8-10-19)16-34-22-13-11-21(27)12-14-22/h2-14H,15-16H2,1H3,(H,29,31)(H,30,32). The van der Waals surface area contributed by atoms with E-state index in [0.29, 0.717) is 27.9 Å². The summed E-state index contributed by atoms with van der Waals surface area (Å²) in [4.78, 5) is 30.3. The summed E-state index contributed by atoms with van der Waals surface area (Å²) in [6.07, 6.45) is -0.0106. The number of nitrogens with one attached hydrogen (secondary N) is 2. The van der Waals surface area contributed by atoms with Crippen molar-refractivity contribution in [3.05, 3.63) is 106 Å². The average Bonchev–Trinajstić information content (AvgIpc) is 3.23. The van der Waals surface area contributed by atoms with Crippen LogP contribution in [-0.2, 0) is 17.0 Å². The molecule has 6 nitrogen and oxygen atoms in total. The van der Waals surface area contributed by atoms with E-state index in [1.807, 2.05) is 66.7 Å². The Morgan fingerprint density at radius 3 is 2.35 bits per heavy atom. The Morgan fingerprint density at radius 2 is 1.65 bits per heavy atom. The Morgan fingerprint density at radius 1 is 0.941 bits per heavy atom. The van der Waals surface area contributed by atoms with Crippen LogP contribution in [0.5, 0.6) is 0 Å². The van der Waals surface area contributed by atoms with Gasteiger partial charge in [-0.1, -0.05) is 41.9 Å². The summed E-state index contributed by atoms with van der Waals surface area (Å²) in [5.74, 6) is 1.00. The molecular weight excluding hydrogens is 470 g/mol. The number of hydrazine groups is 1. The van der Waals surface area contributed by atoms with Gasteiger partial charge in [-0.25, -0.2) is 4.98 Å². The number of carbonyl (C=O) groups excluding carboxylic acids is 2. The van der Waals surface area contributed by atoms with E-state index in [0.717, 1.165) is 21.8 Å². The second-order valence-electron chi connectivity index (χ2n) is 7.51. The maximum absolute atomic E-state index is 12.4. The highest BCUT2D eigenvalue weighted by atomic mass is 35.5. The summed E-state index contributed by atoms with van der Waals surface area (Å²) in [5, 5.41) is 0.708. The minimum atomic E-state index is -0.396. The molecule has 0 atom stereocenters. The quantitative estimate of drug-likeness (QED) is 0.260. The molecule has 0 fully saturated rings. The third kappa shape index (κ3) is 6.27. The molecule has 172 valence electrons. The number of hydrogen-bond acceptors (Lipinski definition) is 5. The minimum absolute atomic E-state index is 0.0106. The summed E-state index contributed by atoms with van der Waals surface area (Å²) < 4.78 is 5.67. The van der Waals surface area contributed by atoms with E-state index in [-0.39, 0.29) is 12.3 Å². The smallest absolute Gasteiger partial charge is 0.269 e. The third-order valence-electron chi connectivity index (χ3n) is 4.99. The third-order valence-corrected chi connectivity index (χ3v) is 6.33. The number of rotatable bonds is 7. The highest BCUT2D eigenvalue weighted by Gasteiger charge is 2.15. The van der Waals surface area contributed by atoms with Crippen LogP contribution < -0.4 is 10.9 Å². The molecule has 0 spiro atoms. The molecule has 34 heavy (non-hydrogen) atoms. The first-order chi connectivity index (χ1) is 16.5. The van der Waals surface area contributed by atoms with Gasteiger partial charge in [0.2, 0.25) is 11.8 Å². The van der Waals surface area contributed by atoms with Gasteiger partial charge >= 0.3 is 0 Å². The second-order valence-corrected chi connectivity index (χ2v) is 8.99. The van der Waals surface area contributed by atoms with Crippen LogP contribution in [0.15, 0.2) is 88.2 Å². The summed E-state index contributed by atoms with van der Waals surface area (Å²) in [6, 6.07) is 24.4. The predicted molar refractivity (Wildman–Crippen MR) is 133 cm³/mol. The number of amides is 2. The Hall–Kier alpha value is -3.55. The normalized spacial score (nSPS) is 10.6. The van der Waals surface area contributed by atoms with E-state index in [1.165, 1.54) is 0 Å². The van der Waals surface area contributed by atoms with Crippen molar-refractivity contribution in [2.24, 2.45) is 0 Å². The topological polar surface area (TPSA) is 84.2 Å². The lowest BCUT2D eigenvalue weighted by Gasteiger charge is -2.08. The summed E-state index contributed by atoms with van der Waals surface area (Å²) in [5.41, 5.74) is 7.77. The number of benzene rings is 3. The Balaban J connectivity index is 1.26. The fraction of sp³-hybridized carbons (Fsp3) is 0.115. The highest BCUT2D eigenvalue weighted by Crippen LogP contribution is 2.24. The maximum atomic E-state index is 12.4. The van der Waals surface area contributed by atoms with Gasteiger partial charge < -0.3 is 4.42 Å². The predicted octanol–water partition coefficient (Wildman–Crippen LogP) is 5.60. The first kappa shape index (κ1) is 23.6.